The highest BCUT2D eigenvalue weighted by Gasteiger charge is 2.35. The van der Waals surface area contributed by atoms with Gasteiger partial charge in [0.15, 0.2) is 0 Å². The molecule has 10 heavy (non-hydrogen) atoms. The maximum absolute atomic E-state index is 11.2. The summed E-state index contributed by atoms with van der Waals surface area (Å²) >= 11 is 0. The van der Waals surface area contributed by atoms with Crippen molar-refractivity contribution in [3.63, 3.8) is 0 Å². The van der Waals surface area contributed by atoms with E-state index in [9.17, 15) is 4.79 Å². The molecule has 0 bridgehead atoms. The second kappa shape index (κ2) is 2.26. The molecule has 2 atom stereocenters. The topological polar surface area (TPSA) is 29.1 Å². The highest BCUT2D eigenvalue weighted by Crippen LogP contribution is 2.35. The van der Waals surface area contributed by atoms with Crippen molar-refractivity contribution in [3.05, 3.63) is 0 Å². The van der Waals surface area contributed by atoms with Crippen LogP contribution in [0.2, 0.25) is 0 Å². The summed E-state index contributed by atoms with van der Waals surface area (Å²) in [6, 6.07) is 0. The Hall–Kier alpha value is -0.530. The molecule has 1 amide bonds. The smallest absolute Gasteiger partial charge is 0.223 e. The minimum atomic E-state index is 0.314. The Balaban J connectivity index is 2.10. The SMILES string of the molecule is O=C1NCC[C@@H]2CCC[C@H]12. The molecule has 2 aliphatic rings. The summed E-state index contributed by atoms with van der Waals surface area (Å²) < 4.78 is 0. The molecule has 0 radical (unpaired) electrons. The molecule has 0 aromatic heterocycles. The van der Waals surface area contributed by atoms with Crippen LogP contribution in [0.25, 0.3) is 0 Å². The van der Waals surface area contributed by atoms with E-state index in [0.717, 1.165) is 18.9 Å². The van der Waals surface area contributed by atoms with Crippen molar-refractivity contribution < 1.29 is 4.79 Å². The highest BCUT2D eigenvalue weighted by atomic mass is 16.1. The van der Waals surface area contributed by atoms with Gasteiger partial charge in [0.25, 0.3) is 0 Å². The van der Waals surface area contributed by atoms with Gasteiger partial charge in [0, 0.05) is 12.5 Å². The van der Waals surface area contributed by atoms with Gasteiger partial charge < -0.3 is 5.32 Å². The number of hydrogen-bond donors (Lipinski definition) is 1. The van der Waals surface area contributed by atoms with Gasteiger partial charge in [-0.05, 0) is 25.2 Å². The average Bonchev–Trinajstić information content (AvgIpc) is 2.36. The first-order chi connectivity index (χ1) is 4.88. The number of piperidine rings is 1. The molecular formula is C8H13NO. The third kappa shape index (κ3) is 0.825. The summed E-state index contributed by atoms with van der Waals surface area (Å²) in [6.45, 7) is 0.917. The van der Waals surface area contributed by atoms with Crippen molar-refractivity contribution in [3.8, 4) is 0 Å². The number of rotatable bonds is 0. The maximum atomic E-state index is 11.2. The molecule has 2 fully saturated rings. The lowest BCUT2D eigenvalue weighted by molar-refractivity contribution is -0.127. The van der Waals surface area contributed by atoms with Crippen LogP contribution in [0, 0.1) is 11.8 Å². The normalized spacial score (nSPS) is 39.0. The predicted molar refractivity (Wildman–Crippen MR) is 38.5 cm³/mol. The maximum Gasteiger partial charge on any atom is 0.223 e. The average molecular weight is 139 g/mol. The van der Waals surface area contributed by atoms with Crippen molar-refractivity contribution >= 4 is 5.91 Å². The van der Waals surface area contributed by atoms with E-state index in [4.69, 9.17) is 0 Å². The third-order valence-corrected chi connectivity index (χ3v) is 2.81. The van der Waals surface area contributed by atoms with Crippen LogP contribution in [0.5, 0.6) is 0 Å². The van der Waals surface area contributed by atoms with Gasteiger partial charge in [0.2, 0.25) is 5.91 Å². The molecular weight excluding hydrogens is 126 g/mol. The Morgan fingerprint density at radius 3 is 3.00 bits per heavy atom. The van der Waals surface area contributed by atoms with Gasteiger partial charge in [-0.1, -0.05) is 6.42 Å². The zero-order valence-electron chi connectivity index (χ0n) is 6.10. The van der Waals surface area contributed by atoms with Crippen LogP contribution in [0.15, 0.2) is 0 Å². The van der Waals surface area contributed by atoms with Gasteiger partial charge in [-0.3, -0.25) is 4.79 Å². The molecule has 1 aliphatic carbocycles. The van der Waals surface area contributed by atoms with Crippen LogP contribution in [-0.4, -0.2) is 12.5 Å². The van der Waals surface area contributed by atoms with Crippen molar-refractivity contribution in [2.24, 2.45) is 11.8 Å². The van der Waals surface area contributed by atoms with Gasteiger partial charge in [-0.15, -0.1) is 0 Å². The molecule has 0 spiro atoms. The first-order valence-electron chi connectivity index (χ1n) is 4.15. The molecule has 0 unspecified atom stereocenters. The van der Waals surface area contributed by atoms with Crippen molar-refractivity contribution in [2.75, 3.05) is 6.54 Å². The number of nitrogens with one attached hydrogen (secondary N) is 1. The summed E-state index contributed by atoms with van der Waals surface area (Å²) in [5.74, 6) is 1.43. The van der Waals surface area contributed by atoms with Gasteiger partial charge in [-0.2, -0.15) is 0 Å². The van der Waals surface area contributed by atoms with Gasteiger partial charge in [-0.25, -0.2) is 0 Å². The van der Waals surface area contributed by atoms with E-state index in [0.29, 0.717) is 11.8 Å². The van der Waals surface area contributed by atoms with E-state index in [1.165, 1.54) is 19.3 Å². The Bertz CT molecular complexity index is 155. The second-order valence-corrected chi connectivity index (χ2v) is 3.38. The van der Waals surface area contributed by atoms with Crippen LogP contribution in [0.3, 0.4) is 0 Å². The fourth-order valence-corrected chi connectivity index (χ4v) is 2.24. The molecule has 1 heterocycles. The molecule has 1 N–H and O–H groups in total. The zero-order valence-corrected chi connectivity index (χ0v) is 6.10. The Kier molecular flexibility index (Phi) is 1.40. The molecule has 2 rings (SSSR count). The molecule has 1 saturated heterocycles. The minimum absolute atomic E-state index is 0.314. The van der Waals surface area contributed by atoms with Gasteiger partial charge in [0.1, 0.15) is 0 Å². The van der Waals surface area contributed by atoms with E-state index in [1.54, 1.807) is 0 Å². The summed E-state index contributed by atoms with van der Waals surface area (Å²) in [5.41, 5.74) is 0. The molecule has 0 aromatic rings. The number of carbonyl (C=O) groups excluding carboxylic acids is 1. The monoisotopic (exact) mass is 139 g/mol. The van der Waals surface area contributed by atoms with E-state index in [1.807, 2.05) is 0 Å². The van der Waals surface area contributed by atoms with Crippen LogP contribution in [-0.2, 0) is 4.79 Å². The quantitative estimate of drug-likeness (QED) is 0.531. The van der Waals surface area contributed by atoms with Crippen LogP contribution < -0.4 is 5.32 Å². The number of hydrogen-bond acceptors (Lipinski definition) is 1. The summed E-state index contributed by atoms with van der Waals surface area (Å²) in [7, 11) is 0. The Morgan fingerprint density at radius 2 is 2.20 bits per heavy atom. The largest absolute Gasteiger partial charge is 0.356 e. The Morgan fingerprint density at radius 1 is 1.30 bits per heavy atom. The van der Waals surface area contributed by atoms with Crippen LogP contribution >= 0.6 is 0 Å². The van der Waals surface area contributed by atoms with Crippen molar-refractivity contribution in [1.82, 2.24) is 5.32 Å². The molecule has 1 aliphatic heterocycles. The minimum Gasteiger partial charge on any atom is -0.356 e. The molecule has 2 heteroatoms. The summed E-state index contributed by atoms with van der Waals surface area (Å²) in [6.07, 6.45) is 4.91. The van der Waals surface area contributed by atoms with Gasteiger partial charge in [0.05, 0.1) is 0 Å². The van der Waals surface area contributed by atoms with E-state index in [-0.39, 0.29) is 0 Å². The lowest BCUT2D eigenvalue weighted by Gasteiger charge is -2.24. The lowest BCUT2D eigenvalue weighted by Crippen LogP contribution is -2.39. The fraction of sp³-hybridized carbons (Fsp3) is 0.875. The van der Waals surface area contributed by atoms with E-state index < -0.39 is 0 Å². The van der Waals surface area contributed by atoms with Crippen molar-refractivity contribution in [2.45, 2.75) is 25.7 Å². The summed E-state index contributed by atoms with van der Waals surface area (Å²) in [5, 5.41) is 2.91. The number of amides is 1. The van der Waals surface area contributed by atoms with Crippen molar-refractivity contribution in [1.29, 1.82) is 0 Å². The van der Waals surface area contributed by atoms with Gasteiger partial charge >= 0.3 is 0 Å². The second-order valence-electron chi connectivity index (χ2n) is 3.38. The number of fused-ring (bicyclic) bond motifs is 1. The van der Waals surface area contributed by atoms with E-state index in [2.05, 4.69) is 5.32 Å². The molecule has 2 nitrogen and oxygen atoms in total. The lowest BCUT2D eigenvalue weighted by atomic mass is 9.89. The van der Waals surface area contributed by atoms with Crippen LogP contribution in [0.4, 0.5) is 0 Å². The first-order valence-corrected chi connectivity index (χ1v) is 4.15. The highest BCUT2D eigenvalue weighted by molar-refractivity contribution is 5.79. The van der Waals surface area contributed by atoms with E-state index >= 15 is 0 Å². The Labute approximate surface area is 61.0 Å². The zero-order chi connectivity index (χ0) is 6.97. The molecule has 1 saturated carbocycles. The fourth-order valence-electron chi connectivity index (χ4n) is 2.24. The number of carbonyl (C=O) groups is 1. The molecule has 0 aromatic carbocycles. The third-order valence-electron chi connectivity index (χ3n) is 2.81. The first kappa shape index (κ1) is 6.20. The van der Waals surface area contributed by atoms with Crippen LogP contribution in [0.1, 0.15) is 25.7 Å². The summed E-state index contributed by atoms with van der Waals surface area (Å²) in [4.78, 5) is 11.2. The standard InChI is InChI=1S/C8H13NO/c10-8-7-3-1-2-6(7)4-5-9-8/h6-7H,1-5H2,(H,9,10)/t6-,7-/m0/s1. The predicted octanol–water partition coefficient (Wildman–Crippen LogP) is 0.923. The molecule has 56 valence electrons.